The first-order chi connectivity index (χ1) is 7.54. The van der Waals surface area contributed by atoms with Crippen molar-refractivity contribution in [3.63, 3.8) is 0 Å². The maximum absolute atomic E-state index is 13.2. The number of benzene rings is 1. The molecule has 0 heterocycles. The SMILES string of the molecule is COC(=O)CCOc1cc(Br)cc(F)c1F. The fraction of sp³-hybridized carbons (Fsp3) is 0.300. The summed E-state index contributed by atoms with van der Waals surface area (Å²) in [5, 5.41) is 0. The van der Waals surface area contributed by atoms with E-state index in [1.165, 1.54) is 13.2 Å². The largest absolute Gasteiger partial charge is 0.490 e. The third-order valence-corrected chi connectivity index (χ3v) is 2.21. The van der Waals surface area contributed by atoms with Gasteiger partial charge in [0.15, 0.2) is 11.6 Å². The number of ether oxygens (including phenoxy) is 2. The predicted molar refractivity (Wildman–Crippen MR) is 56.2 cm³/mol. The summed E-state index contributed by atoms with van der Waals surface area (Å²) < 4.78 is 35.7. The predicted octanol–water partition coefficient (Wildman–Crippen LogP) is 2.67. The summed E-state index contributed by atoms with van der Waals surface area (Å²) in [7, 11) is 1.24. The third-order valence-electron chi connectivity index (χ3n) is 1.75. The zero-order valence-corrected chi connectivity index (χ0v) is 10.0. The van der Waals surface area contributed by atoms with E-state index in [1.807, 2.05) is 0 Å². The van der Waals surface area contributed by atoms with Gasteiger partial charge in [-0.25, -0.2) is 4.39 Å². The van der Waals surface area contributed by atoms with Crippen LogP contribution in [0.5, 0.6) is 5.75 Å². The molecule has 0 atom stereocenters. The van der Waals surface area contributed by atoms with E-state index in [0.717, 1.165) is 6.07 Å². The highest BCUT2D eigenvalue weighted by molar-refractivity contribution is 9.10. The number of rotatable bonds is 4. The highest BCUT2D eigenvalue weighted by atomic mass is 79.9. The van der Waals surface area contributed by atoms with Crippen molar-refractivity contribution < 1.29 is 23.0 Å². The highest BCUT2D eigenvalue weighted by Crippen LogP contribution is 2.25. The van der Waals surface area contributed by atoms with Gasteiger partial charge in [-0.2, -0.15) is 4.39 Å². The minimum atomic E-state index is -1.08. The van der Waals surface area contributed by atoms with Crippen molar-refractivity contribution in [2.75, 3.05) is 13.7 Å². The van der Waals surface area contributed by atoms with Crippen molar-refractivity contribution in [1.82, 2.24) is 0 Å². The lowest BCUT2D eigenvalue weighted by atomic mass is 10.3. The van der Waals surface area contributed by atoms with Gasteiger partial charge in [-0.3, -0.25) is 4.79 Å². The molecule has 0 aromatic heterocycles. The van der Waals surface area contributed by atoms with E-state index in [2.05, 4.69) is 20.7 Å². The second-order valence-corrected chi connectivity index (χ2v) is 3.79. The van der Waals surface area contributed by atoms with Crippen LogP contribution in [0.2, 0.25) is 0 Å². The Hall–Kier alpha value is -1.17. The lowest BCUT2D eigenvalue weighted by Crippen LogP contribution is -2.08. The highest BCUT2D eigenvalue weighted by Gasteiger charge is 2.11. The number of carbonyl (C=O) groups is 1. The molecule has 0 N–H and O–H groups in total. The molecule has 0 amide bonds. The Morgan fingerprint density at radius 1 is 1.44 bits per heavy atom. The molecule has 0 fully saturated rings. The van der Waals surface area contributed by atoms with E-state index in [-0.39, 0.29) is 18.8 Å². The monoisotopic (exact) mass is 294 g/mol. The van der Waals surface area contributed by atoms with Crippen LogP contribution in [-0.4, -0.2) is 19.7 Å². The smallest absolute Gasteiger partial charge is 0.308 e. The Bertz CT molecular complexity index is 396. The summed E-state index contributed by atoms with van der Waals surface area (Å²) >= 11 is 3.00. The molecule has 0 bridgehead atoms. The van der Waals surface area contributed by atoms with Gasteiger partial charge in [0.2, 0.25) is 5.82 Å². The minimum Gasteiger partial charge on any atom is -0.490 e. The van der Waals surface area contributed by atoms with Crippen molar-refractivity contribution in [1.29, 1.82) is 0 Å². The second-order valence-electron chi connectivity index (χ2n) is 2.87. The van der Waals surface area contributed by atoms with E-state index >= 15 is 0 Å². The van der Waals surface area contributed by atoms with Crippen LogP contribution in [0.3, 0.4) is 0 Å². The molecule has 0 aliphatic rings. The van der Waals surface area contributed by atoms with Crippen LogP contribution in [0.25, 0.3) is 0 Å². The quantitative estimate of drug-likeness (QED) is 0.633. The van der Waals surface area contributed by atoms with E-state index in [0.29, 0.717) is 4.47 Å². The summed E-state index contributed by atoms with van der Waals surface area (Å²) in [6, 6.07) is 2.28. The standard InChI is InChI=1S/C10H9BrF2O3/c1-15-9(14)2-3-16-8-5-6(11)4-7(12)10(8)13/h4-5H,2-3H2,1H3. The Balaban J connectivity index is 2.63. The van der Waals surface area contributed by atoms with Crippen molar-refractivity contribution in [2.24, 2.45) is 0 Å². The number of methoxy groups -OCH3 is 1. The first-order valence-corrected chi connectivity index (χ1v) is 5.18. The molecule has 0 saturated carbocycles. The summed E-state index contributed by atoms with van der Waals surface area (Å²) in [5.41, 5.74) is 0. The average Bonchev–Trinajstić information content (AvgIpc) is 2.24. The molecule has 1 rings (SSSR count). The molecule has 0 saturated heterocycles. The summed E-state index contributed by atoms with van der Waals surface area (Å²) in [6.07, 6.45) is -0.0237. The minimum absolute atomic E-state index is 0.0237. The third kappa shape index (κ3) is 3.44. The Labute approximate surface area is 99.5 Å². The van der Waals surface area contributed by atoms with E-state index < -0.39 is 17.6 Å². The average molecular weight is 295 g/mol. The van der Waals surface area contributed by atoms with Crippen molar-refractivity contribution in [3.05, 3.63) is 28.2 Å². The molecular formula is C10H9BrF2O3. The maximum Gasteiger partial charge on any atom is 0.308 e. The van der Waals surface area contributed by atoms with E-state index in [9.17, 15) is 13.6 Å². The number of carbonyl (C=O) groups excluding carboxylic acids is 1. The van der Waals surface area contributed by atoms with Gasteiger partial charge in [0.1, 0.15) is 0 Å². The lowest BCUT2D eigenvalue weighted by Gasteiger charge is -2.07. The van der Waals surface area contributed by atoms with Crippen LogP contribution in [0, 0.1) is 11.6 Å². The first kappa shape index (κ1) is 12.9. The molecule has 0 unspecified atom stereocenters. The zero-order chi connectivity index (χ0) is 12.1. The van der Waals surface area contributed by atoms with Gasteiger partial charge >= 0.3 is 5.97 Å². The van der Waals surface area contributed by atoms with Gasteiger partial charge < -0.3 is 9.47 Å². The molecule has 16 heavy (non-hydrogen) atoms. The normalized spacial score (nSPS) is 10.0. The van der Waals surface area contributed by atoms with Gasteiger partial charge in [0.25, 0.3) is 0 Å². The molecule has 1 aromatic carbocycles. The Kier molecular flexibility index (Phi) is 4.67. The topological polar surface area (TPSA) is 35.5 Å². The number of esters is 1. The Morgan fingerprint density at radius 3 is 2.75 bits per heavy atom. The number of halogens is 3. The van der Waals surface area contributed by atoms with Crippen molar-refractivity contribution in [3.8, 4) is 5.75 Å². The molecule has 0 aliphatic heterocycles. The van der Waals surface area contributed by atoms with Gasteiger partial charge in [0, 0.05) is 4.47 Å². The van der Waals surface area contributed by atoms with E-state index in [1.54, 1.807) is 0 Å². The lowest BCUT2D eigenvalue weighted by molar-refractivity contribution is -0.141. The molecule has 0 spiro atoms. The fourth-order valence-electron chi connectivity index (χ4n) is 0.984. The zero-order valence-electron chi connectivity index (χ0n) is 8.43. The molecule has 1 aromatic rings. The van der Waals surface area contributed by atoms with Crippen LogP contribution in [0.1, 0.15) is 6.42 Å². The van der Waals surface area contributed by atoms with Crippen molar-refractivity contribution in [2.45, 2.75) is 6.42 Å². The van der Waals surface area contributed by atoms with Gasteiger partial charge in [-0.05, 0) is 12.1 Å². The Morgan fingerprint density at radius 2 is 2.12 bits per heavy atom. The molecule has 0 radical (unpaired) electrons. The molecule has 88 valence electrons. The van der Waals surface area contributed by atoms with Gasteiger partial charge in [0.05, 0.1) is 20.1 Å². The van der Waals surface area contributed by atoms with Crippen LogP contribution < -0.4 is 4.74 Å². The number of hydrogen-bond donors (Lipinski definition) is 0. The molecule has 6 heteroatoms. The van der Waals surface area contributed by atoms with Crippen LogP contribution in [0.15, 0.2) is 16.6 Å². The molecular weight excluding hydrogens is 286 g/mol. The van der Waals surface area contributed by atoms with Crippen molar-refractivity contribution >= 4 is 21.9 Å². The second kappa shape index (κ2) is 5.79. The maximum atomic E-state index is 13.2. The molecule has 0 aliphatic carbocycles. The van der Waals surface area contributed by atoms with Crippen LogP contribution in [-0.2, 0) is 9.53 Å². The summed E-state index contributed by atoms with van der Waals surface area (Å²) in [6.45, 7) is -0.0700. The van der Waals surface area contributed by atoms with E-state index in [4.69, 9.17) is 4.74 Å². The van der Waals surface area contributed by atoms with Crippen LogP contribution in [0.4, 0.5) is 8.78 Å². The summed E-state index contributed by atoms with van der Waals surface area (Å²) in [4.78, 5) is 10.7. The van der Waals surface area contributed by atoms with Gasteiger partial charge in [-0.15, -0.1) is 0 Å². The first-order valence-electron chi connectivity index (χ1n) is 4.38. The van der Waals surface area contributed by atoms with Gasteiger partial charge in [-0.1, -0.05) is 15.9 Å². The number of hydrogen-bond acceptors (Lipinski definition) is 3. The molecule has 3 nitrogen and oxygen atoms in total. The fourth-order valence-corrected chi connectivity index (χ4v) is 1.39. The van der Waals surface area contributed by atoms with Crippen LogP contribution >= 0.6 is 15.9 Å². The summed E-state index contributed by atoms with van der Waals surface area (Å²) in [5.74, 6) is -2.80.